The van der Waals surface area contributed by atoms with Crippen LogP contribution < -0.4 is 11.1 Å². The summed E-state index contributed by atoms with van der Waals surface area (Å²) in [5.41, 5.74) is 6.00. The van der Waals surface area contributed by atoms with E-state index >= 15 is 0 Å². The molecule has 2 aliphatic rings. The van der Waals surface area contributed by atoms with Gasteiger partial charge in [0.15, 0.2) is 0 Å². The second-order valence-corrected chi connectivity index (χ2v) is 5.52. The topological polar surface area (TPSA) is 75.4 Å². The van der Waals surface area contributed by atoms with E-state index in [1.165, 1.54) is 0 Å². The molecule has 0 saturated heterocycles. The zero-order valence-electron chi connectivity index (χ0n) is 10.4. The van der Waals surface area contributed by atoms with Crippen molar-refractivity contribution < 1.29 is 9.90 Å². The third-order valence-corrected chi connectivity index (χ3v) is 4.21. The van der Waals surface area contributed by atoms with Gasteiger partial charge >= 0.3 is 0 Å². The van der Waals surface area contributed by atoms with Crippen LogP contribution in [-0.4, -0.2) is 29.2 Å². The van der Waals surface area contributed by atoms with Crippen LogP contribution in [0.4, 0.5) is 0 Å². The van der Waals surface area contributed by atoms with Crippen LogP contribution >= 0.6 is 0 Å². The Morgan fingerprint density at radius 1 is 1.06 bits per heavy atom. The number of carbonyl (C=O) groups excluding carboxylic acids is 1. The number of nitrogens with one attached hydrogen (secondary N) is 1. The summed E-state index contributed by atoms with van der Waals surface area (Å²) < 4.78 is 0. The van der Waals surface area contributed by atoms with Gasteiger partial charge < -0.3 is 16.2 Å². The lowest BCUT2D eigenvalue weighted by atomic mass is 9.83. The first-order valence-electron chi connectivity index (χ1n) is 6.92. The zero-order chi connectivity index (χ0) is 12.3. The number of rotatable bonds is 2. The van der Waals surface area contributed by atoms with Crippen molar-refractivity contribution in [3.63, 3.8) is 0 Å². The molecule has 4 N–H and O–H groups in total. The molecule has 2 unspecified atom stereocenters. The Kier molecular flexibility index (Phi) is 4.40. The molecule has 17 heavy (non-hydrogen) atoms. The monoisotopic (exact) mass is 240 g/mol. The van der Waals surface area contributed by atoms with Crippen LogP contribution in [0.15, 0.2) is 0 Å². The van der Waals surface area contributed by atoms with E-state index in [0.717, 1.165) is 51.4 Å². The summed E-state index contributed by atoms with van der Waals surface area (Å²) in [4.78, 5) is 12.1. The Morgan fingerprint density at radius 2 is 1.71 bits per heavy atom. The largest absolute Gasteiger partial charge is 0.391 e. The van der Waals surface area contributed by atoms with E-state index in [0.29, 0.717) is 0 Å². The number of carbonyl (C=O) groups is 1. The van der Waals surface area contributed by atoms with Crippen molar-refractivity contribution in [3.05, 3.63) is 0 Å². The average molecular weight is 240 g/mol. The molecule has 2 aliphatic carbocycles. The van der Waals surface area contributed by atoms with Crippen molar-refractivity contribution in [3.8, 4) is 0 Å². The predicted octanol–water partition coefficient (Wildman–Crippen LogP) is 0.924. The number of hydrogen-bond donors (Lipinski definition) is 3. The maximum atomic E-state index is 12.1. The van der Waals surface area contributed by atoms with Crippen LogP contribution in [0.25, 0.3) is 0 Å². The van der Waals surface area contributed by atoms with Gasteiger partial charge in [0.2, 0.25) is 5.91 Å². The van der Waals surface area contributed by atoms with E-state index in [1.807, 2.05) is 0 Å². The van der Waals surface area contributed by atoms with Gasteiger partial charge in [-0.15, -0.1) is 0 Å². The number of aliphatic hydroxyl groups is 1. The first-order chi connectivity index (χ1) is 8.18. The van der Waals surface area contributed by atoms with E-state index in [2.05, 4.69) is 5.32 Å². The van der Waals surface area contributed by atoms with E-state index < -0.39 is 0 Å². The maximum absolute atomic E-state index is 12.1. The fourth-order valence-electron chi connectivity index (χ4n) is 3.05. The summed E-state index contributed by atoms with van der Waals surface area (Å²) >= 11 is 0. The minimum absolute atomic E-state index is 0.00415. The Bertz CT molecular complexity index is 270. The Labute approximate surface area is 103 Å². The molecule has 0 bridgehead atoms. The molecule has 0 radical (unpaired) electrons. The molecular formula is C13H24N2O2. The lowest BCUT2D eigenvalue weighted by Crippen LogP contribution is -2.51. The van der Waals surface area contributed by atoms with Gasteiger partial charge in [-0.05, 0) is 25.7 Å². The second-order valence-electron chi connectivity index (χ2n) is 5.52. The SMILES string of the molecule is NC1CCCCC1C(=O)N[C@@H]1CCCC[C@H]1O. The van der Waals surface area contributed by atoms with Crippen LogP contribution in [-0.2, 0) is 4.79 Å². The normalized spacial score (nSPS) is 38.7. The summed E-state index contributed by atoms with van der Waals surface area (Å²) in [5, 5.41) is 12.8. The van der Waals surface area contributed by atoms with Crippen LogP contribution in [0, 0.1) is 5.92 Å². The molecule has 2 fully saturated rings. The molecular weight excluding hydrogens is 216 g/mol. The fraction of sp³-hybridized carbons (Fsp3) is 0.923. The van der Waals surface area contributed by atoms with Crippen molar-refractivity contribution in [1.82, 2.24) is 5.32 Å². The lowest BCUT2D eigenvalue weighted by Gasteiger charge is -2.32. The van der Waals surface area contributed by atoms with Crippen LogP contribution in [0.2, 0.25) is 0 Å². The van der Waals surface area contributed by atoms with E-state index in [1.54, 1.807) is 0 Å². The highest BCUT2D eigenvalue weighted by atomic mass is 16.3. The van der Waals surface area contributed by atoms with Gasteiger partial charge in [0.25, 0.3) is 0 Å². The molecule has 0 aromatic rings. The minimum atomic E-state index is -0.368. The van der Waals surface area contributed by atoms with E-state index in [9.17, 15) is 9.90 Å². The van der Waals surface area contributed by atoms with Crippen molar-refractivity contribution >= 4 is 5.91 Å². The van der Waals surface area contributed by atoms with Gasteiger partial charge in [0.1, 0.15) is 0 Å². The molecule has 4 nitrogen and oxygen atoms in total. The third-order valence-electron chi connectivity index (χ3n) is 4.21. The van der Waals surface area contributed by atoms with E-state index in [-0.39, 0.29) is 30.0 Å². The molecule has 4 heteroatoms. The van der Waals surface area contributed by atoms with Crippen molar-refractivity contribution in [1.29, 1.82) is 0 Å². The molecule has 0 aliphatic heterocycles. The van der Waals surface area contributed by atoms with Gasteiger partial charge in [-0.2, -0.15) is 0 Å². The highest BCUT2D eigenvalue weighted by Gasteiger charge is 2.31. The first-order valence-corrected chi connectivity index (χ1v) is 6.92. The average Bonchev–Trinajstić information content (AvgIpc) is 2.32. The molecule has 98 valence electrons. The van der Waals surface area contributed by atoms with Gasteiger partial charge in [0.05, 0.1) is 18.1 Å². The fourth-order valence-corrected chi connectivity index (χ4v) is 3.05. The van der Waals surface area contributed by atoms with Gasteiger partial charge in [-0.1, -0.05) is 25.7 Å². The van der Waals surface area contributed by atoms with Crippen LogP contribution in [0.3, 0.4) is 0 Å². The first kappa shape index (κ1) is 12.8. The zero-order valence-corrected chi connectivity index (χ0v) is 10.4. The minimum Gasteiger partial charge on any atom is -0.391 e. The summed E-state index contributed by atoms with van der Waals surface area (Å²) in [6.45, 7) is 0. The Morgan fingerprint density at radius 3 is 2.41 bits per heavy atom. The quantitative estimate of drug-likeness (QED) is 0.672. The molecule has 2 saturated carbocycles. The smallest absolute Gasteiger partial charge is 0.224 e. The van der Waals surface area contributed by atoms with Crippen LogP contribution in [0.1, 0.15) is 51.4 Å². The summed E-state index contributed by atoms with van der Waals surface area (Å²) in [6.07, 6.45) is 7.58. The van der Waals surface area contributed by atoms with Crippen molar-refractivity contribution in [2.45, 2.75) is 69.6 Å². The number of amides is 1. The highest BCUT2D eigenvalue weighted by Crippen LogP contribution is 2.24. The lowest BCUT2D eigenvalue weighted by molar-refractivity contribution is -0.128. The third kappa shape index (κ3) is 3.19. The molecule has 0 aromatic heterocycles. The van der Waals surface area contributed by atoms with Crippen molar-refractivity contribution in [2.75, 3.05) is 0 Å². The molecule has 0 aromatic carbocycles. The molecule has 0 spiro atoms. The van der Waals surface area contributed by atoms with Crippen molar-refractivity contribution in [2.24, 2.45) is 11.7 Å². The molecule has 0 heterocycles. The second kappa shape index (κ2) is 5.83. The number of aliphatic hydroxyl groups excluding tert-OH is 1. The molecule has 1 amide bonds. The van der Waals surface area contributed by atoms with Gasteiger partial charge in [0, 0.05) is 6.04 Å². The molecule has 4 atom stereocenters. The van der Waals surface area contributed by atoms with E-state index in [4.69, 9.17) is 5.73 Å². The Balaban J connectivity index is 1.86. The summed E-state index contributed by atoms with van der Waals surface area (Å²) in [7, 11) is 0. The van der Waals surface area contributed by atoms with Gasteiger partial charge in [-0.3, -0.25) is 4.79 Å². The number of hydrogen-bond acceptors (Lipinski definition) is 3. The predicted molar refractivity (Wildman–Crippen MR) is 66.3 cm³/mol. The van der Waals surface area contributed by atoms with Crippen LogP contribution in [0.5, 0.6) is 0 Å². The summed E-state index contributed by atoms with van der Waals surface area (Å²) in [5.74, 6) is 0.0148. The summed E-state index contributed by atoms with van der Waals surface area (Å²) in [6, 6.07) is -0.0464. The number of nitrogens with two attached hydrogens (primary N) is 1. The molecule has 2 rings (SSSR count). The Hall–Kier alpha value is -0.610. The maximum Gasteiger partial charge on any atom is 0.224 e. The highest BCUT2D eigenvalue weighted by molar-refractivity contribution is 5.79. The van der Waals surface area contributed by atoms with Gasteiger partial charge in [-0.25, -0.2) is 0 Å². The standard InChI is InChI=1S/C13H24N2O2/c14-10-6-2-1-5-9(10)13(17)15-11-7-3-4-8-12(11)16/h9-12,16H,1-8,14H2,(H,15,17)/t9?,10?,11-,12-/m1/s1.